The summed E-state index contributed by atoms with van der Waals surface area (Å²) in [5.74, 6) is 0.608. The molecule has 5 nitrogen and oxygen atoms in total. The predicted octanol–water partition coefficient (Wildman–Crippen LogP) is 3.45. The van der Waals surface area contributed by atoms with Crippen LogP contribution in [0.1, 0.15) is 24.0 Å². The van der Waals surface area contributed by atoms with Crippen molar-refractivity contribution in [2.24, 2.45) is 0 Å². The highest BCUT2D eigenvalue weighted by molar-refractivity contribution is 5.97. The van der Waals surface area contributed by atoms with Crippen LogP contribution in [0.25, 0.3) is 0 Å². The van der Waals surface area contributed by atoms with Crippen LogP contribution in [0.2, 0.25) is 0 Å². The second-order valence-corrected chi connectivity index (χ2v) is 6.30. The third-order valence-corrected chi connectivity index (χ3v) is 4.24. The Hall–Kier alpha value is -2.82. The third-order valence-electron chi connectivity index (χ3n) is 4.24. The first kappa shape index (κ1) is 17.0. The van der Waals surface area contributed by atoms with Crippen molar-refractivity contribution >= 4 is 23.2 Å². The highest BCUT2D eigenvalue weighted by Gasteiger charge is 2.23. The summed E-state index contributed by atoms with van der Waals surface area (Å²) in [7, 11) is 0. The highest BCUT2D eigenvalue weighted by atomic mass is 16.5. The van der Waals surface area contributed by atoms with Crippen LogP contribution in [0.5, 0.6) is 5.75 Å². The Kier molecular flexibility index (Phi) is 5.03. The molecule has 3 rings (SSSR count). The molecule has 0 saturated carbocycles. The fourth-order valence-corrected chi connectivity index (χ4v) is 2.92. The minimum atomic E-state index is -0.218. The molecule has 0 unspecified atom stereocenters. The van der Waals surface area contributed by atoms with Gasteiger partial charge in [0.2, 0.25) is 5.91 Å². The molecule has 1 N–H and O–H groups in total. The average Bonchev–Trinajstić information content (AvgIpc) is 3.00. The Labute approximate surface area is 147 Å². The van der Waals surface area contributed by atoms with Gasteiger partial charge in [0.25, 0.3) is 5.91 Å². The van der Waals surface area contributed by atoms with Gasteiger partial charge in [-0.25, -0.2) is 0 Å². The smallest absolute Gasteiger partial charge is 0.262 e. The Morgan fingerprint density at radius 2 is 1.92 bits per heavy atom. The highest BCUT2D eigenvalue weighted by Crippen LogP contribution is 2.27. The summed E-state index contributed by atoms with van der Waals surface area (Å²) in [6, 6.07) is 13.1. The van der Waals surface area contributed by atoms with Crippen molar-refractivity contribution < 1.29 is 14.3 Å². The largest absolute Gasteiger partial charge is 0.484 e. The van der Waals surface area contributed by atoms with Gasteiger partial charge in [-0.3, -0.25) is 9.59 Å². The normalized spacial score (nSPS) is 13.8. The number of nitrogens with one attached hydrogen (secondary N) is 1. The Morgan fingerprint density at radius 3 is 2.56 bits per heavy atom. The number of aryl methyl sites for hydroxylation is 2. The number of carbonyl (C=O) groups is 2. The van der Waals surface area contributed by atoms with Gasteiger partial charge in [-0.2, -0.15) is 0 Å². The van der Waals surface area contributed by atoms with Crippen LogP contribution in [0.3, 0.4) is 0 Å². The standard InChI is InChI=1S/C20H22N2O3/c1-14-5-8-17(9-6-14)25-13-19(23)21-16-7-10-18(15(2)12-16)22-11-3-4-20(22)24/h5-10,12H,3-4,11,13H2,1-2H3,(H,21,23). The van der Waals surface area contributed by atoms with E-state index in [9.17, 15) is 9.59 Å². The van der Waals surface area contributed by atoms with Gasteiger partial charge < -0.3 is 15.0 Å². The molecular formula is C20H22N2O3. The van der Waals surface area contributed by atoms with Gasteiger partial charge in [-0.1, -0.05) is 17.7 Å². The van der Waals surface area contributed by atoms with Gasteiger partial charge >= 0.3 is 0 Å². The average molecular weight is 338 g/mol. The molecule has 1 fully saturated rings. The van der Waals surface area contributed by atoms with E-state index in [0.717, 1.165) is 29.8 Å². The molecule has 1 aliphatic heterocycles. The van der Waals surface area contributed by atoms with Crippen molar-refractivity contribution in [3.05, 3.63) is 53.6 Å². The molecule has 1 heterocycles. The number of ether oxygens (including phenoxy) is 1. The van der Waals surface area contributed by atoms with E-state index in [2.05, 4.69) is 5.32 Å². The number of anilines is 2. The number of hydrogen-bond acceptors (Lipinski definition) is 3. The topological polar surface area (TPSA) is 58.6 Å². The van der Waals surface area contributed by atoms with Gasteiger partial charge in [0.1, 0.15) is 5.75 Å². The lowest BCUT2D eigenvalue weighted by atomic mass is 10.1. The van der Waals surface area contributed by atoms with E-state index in [1.165, 1.54) is 0 Å². The lowest BCUT2D eigenvalue weighted by Crippen LogP contribution is -2.24. The molecule has 2 aromatic carbocycles. The molecule has 0 radical (unpaired) electrons. The monoisotopic (exact) mass is 338 g/mol. The molecule has 0 aliphatic carbocycles. The summed E-state index contributed by atoms with van der Waals surface area (Å²) >= 11 is 0. The molecular weight excluding hydrogens is 316 g/mol. The Morgan fingerprint density at radius 1 is 1.16 bits per heavy atom. The van der Waals surface area contributed by atoms with E-state index in [-0.39, 0.29) is 18.4 Å². The second kappa shape index (κ2) is 7.38. The van der Waals surface area contributed by atoms with E-state index in [0.29, 0.717) is 17.9 Å². The molecule has 25 heavy (non-hydrogen) atoms. The van der Waals surface area contributed by atoms with Gasteiger partial charge in [-0.15, -0.1) is 0 Å². The van der Waals surface area contributed by atoms with Crippen molar-refractivity contribution in [1.29, 1.82) is 0 Å². The summed E-state index contributed by atoms with van der Waals surface area (Å²) in [6.07, 6.45) is 1.50. The zero-order valence-corrected chi connectivity index (χ0v) is 14.5. The predicted molar refractivity (Wildman–Crippen MR) is 98.1 cm³/mol. The zero-order valence-electron chi connectivity index (χ0n) is 14.5. The number of rotatable bonds is 5. The maximum atomic E-state index is 12.1. The molecule has 2 aromatic rings. The van der Waals surface area contributed by atoms with E-state index < -0.39 is 0 Å². The van der Waals surface area contributed by atoms with Crippen LogP contribution in [0, 0.1) is 13.8 Å². The number of amides is 2. The summed E-state index contributed by atoms with van der Waals surface area (Å²) in [4.78, 5) is 25.7. The summed E-state index contributed by atoms with van der Waals surface area (Å²) < 4.78 is 5.48. The van der Waals surface area contributed by atoms with Crippen LogP contribution in [0.4, 0.5) is 11.4 Å². The lowest BCUT2D eigenvalue weighted by Gasteiger charge is -2.19. The van der Waals surface area contributed by atoms with Crippen molar-refractivity contribution in [3.63, 3.8) is 0 Å². The molecule has 130 valence electrons. The van der Waals surface area contributed by atoms with Crippen LogP contribution in [-0.4, -0.2) is 25.0 Å². The van der Waals surface area contributed by atoms with Gasteiger partial charge in [0.15, 0.2) is 6.61 Å². The number of nitrogens with zero attached hydrogens (tertiary/aromatic N) is 1. The fourth-order valence-electron chi connectivity index (χ4n) is 2.92. The maximum absolute atomic E-state index is 12.1. The van der Waals surface area contributed by atoms with Crippen LogP contribution in [-0.2, 0) is 9.59 Å². The van der Waals surface area contributed by atoms with Crippen LogP contribution >= 0.6 is 0 Å². The van der Waals surface area contributed by atoms with E-state index in [1.807, 2.05) is 56.3 Å². The second-order valence-electron chi connectivity index (χ2n) is 6.30. The van der Waals surface area contributed by atoms with Crippen LogP contribution in [0.15, 0.2) is 42.5 Å². The van der Waals surface area contributed by atoms with Crippen LogP contribution < -0.4 is 15.0 Å². The van der Waals surface area contributed by atoms with Gasteiger partial charge in [-0.05, 0) is 56.2 Å². The Bertz CT molecular complexity index is 784. The fraction of sp³-hybridized carbons (Fsp3) is 0.300. The van der Waals surface area contributed by atoms with Crippen molar-refractivity contribution in [1.82, 2.24) is 0 Å². The molecule has 0 aromatic heterocycles. The minimum absolute atomic E-state index is 0.0472. The number of benzene rings is 2. The quantitative estimate of drug-likeness (QED) is 0.908. The van der Waals surface area contributed by atoms with Gasteiger partial charge in [0, 0.05) is 24.3 Å². The minimum Gasteiger partial charge on any atom is -0.484 e. The third kappa shape index (κ3) is 4.18. The zero-order chi connectivity index (χ0) is 17.8. The SMILES string of the molecule is Cc1ccc(OCC(=O)Nc2ccc(N3CCCC3=O)c(C)c2)cc1. The molecule has 0 atom stereocenters. The summed E-state index contributed by atoms with van der Waals surface area (Å²) in [6.45, 7) is 4.65. The van der Waals surface area contributed by atoms with Crippen molar-refractivity contribution in [2.75, 3.05) is 23.4 Å². The molecule has 1 aliphatic rings. The van der Waals surface area contributed by atoms with Gasteiger partial charge in [0.05, 0.1) is 0 Å². The number of carbonyl (C=O) groups excluding carboxylic acids is 2. The van der Waals surface area contributed by atoms with E-state index in [4.69, 9.17) is 4.74 Å². The Balaban J connectivity index is 1.58. The lowest BCUT2D eigenvalue weighted by molar-refractivity contribution is -0.118. The summed E-state index contributed by atoms with van der Waals surface area (Å²) in [5.41, 5.74) is 3.72. The summed E-state index contributed by atoms with van der Waals surface area (Å²) in [5, 5.41) is 2.83. The first-order valence-electron chi connectivity index (χ1n) is 8.43. The molecule has 0 spiro atoms. The van der Waals surface area contributed by atoms with E-state index >= 15 is 0 Å². The maximum Gasteiger partial charge on any atom is 0.262 e. The molecule has 0 bridgehead atoms. The molecule has 1 saturated heterocycles. The first-order valence-corrected chi connectivity index (χ1v) is 8.43. The van der Waals surface area contributed by atoms with E-state index in [1.54, 1.807) is 4.90 Å². The molecule has 2 amide bonds. The van der Waals surface area contributed by atoms with Crippen molar-refractivity contribution in [3.8, 4) is 5.75 Å². The number of hydrogen-bond donors (Lipinski definition) is 1. The molecule has 5 heteroatoms. The first-order chi connectivity index (χ1) is 12.0. The van der Waals surface area contributed by atoms with Crippen molar-refractivity contribution in [2.45, 2.75) is 26.7 Å².